The lowest BCUT2D eigenvalue weighted by atomic mass is 9.89. The second-order valence-corrected chi connectivity index (χ2v) is 9.09. The quantitative estimate of drug-likeness (QED) is 0.566. The smallest absolute Gasteiger partial charge is 0.260 e. The van der Waals surface area contributed by atoms with Gasteiger partial charge in [-0.2, -0.15) is 0 Å². The molecule has 1 N–H and O–H groups in total. The molecule has 0 bridgehead atoms. The minimum absolute atomic E-state index is 0.117. The number of ketones is 1. The van der Waals surface area contributed by atoms with E-state index in [1.165, 1.54) is 6.26 Å². The van der Waals surface area contributed by atoms with Gasteiger partial charge in [-0.3, -0.25) is 19.7 Å². The number of amides is 2. The normalized spacial score (nSPS) is 15.1. The molecule has 1 atom stereocenters. The minimum atomic E-state index is -0.476. The minimum Gasteiger partial charge on any atom is -0.492 e. The van der Waals surface area contributed by atoms with Crippen LogP contribution in [-0.2, 0) is 11.2 Å². The second-order valence-electron chi connectivity index (χ2n) is 8.09. The van der Waals surface area contributed by atoms with Crippen LogP contribution in [-0.4, -0.2) is 47.7 Å². The van der Waals surface area contributed by atoms with Gasteiger partial charge in [0.25, 0.3) is 5.91 Å². The molecule has 2 heterocycles. The Hall–Kier alpha value is -3.46. The highest BCUT2D eigenvalue weighted by Gasteiger charge is 2.34. The SMILES string of the molecule is Cc1ccc(OCCN(C)C(=O)C2CC(=O)c3sc(NC(=O)c4ccoc4C)nc3C2)cc1. The van der Waals surface area contributed by atoms with Gasteiger partial charge in [0.2, 0.25) is 5.91 Å². The van der Waals surface area contributed by atoms with Crippen LogP contribution in [0.4, 0.5) is 5.13 Å². The molecule has 0 radical (unpaired) electrons. The Labute approximate surface area is 195 Å². The molecule has 172 valence electrons. The van der Waals surface area contributed by atoms with E-state index in [9.17, 15) is 14.4 Å². The summed E-state index contributed by atoms with van der Waals surface area (Å²) < 4.78 is 10.9. The van der Waals surface area contributed by atoms with Crippen LogP contribution in [0.5, 0.6) is 5.75 Å². The molecule has 0 fully saturated rings. The van der Waals surface area contributed by atoms with E-state index in [2.05, 4.69) is 10.3 Å². The van der Waals surface area contributed by atoms with Gasteiger partial charge in [0, 0.05) is 19.9 Å². The first-order valence-electron chi connectivity index (χ1n) is 10.6. The number of nitrogens with one attached hydrogen (secondary N) is 1. The van der Waals surface area contributed by atoms with Gasteiger partial charge in [0.05, 0.1) is 34.9 Å². The Morgan fingerprint density at radius 3 is 2.67 bits per heavy atom. The van der Waals surface area contributed by atoms with E-state index in [1.807, 2.05) is 31.2 Å². The zero-order chi connectivity index (χ0) is 23.5. The number of rotatable bonds is 7. The van der Waals surface area contributed by atoms with Crippen molar-refractivity contribution in [2.45, 2.75) is 26.7 Å². The fourth-order valence-electron chi connectivity index (χ4n) is 3.70. The molecule has 0 aliphatic heterocycles. The van der Waals surface area contributed by atoms with Crippen molar-refractivity contribution in [1.29, 1.82) is 0 Å². The maximum absolute atomic E-state index is 12.9. The zero-order valence-electron chi connectivity index (χ0n) is 18.7. The van der Waals surface area contributed by atoms with Crippen LogP contribution in [0.2, 0.25) is 0 Å². The number of anilines is 1. The molecule has 0 saturated heterocycles. The number of furan rings is 1. The zero-order valence-corrected chi connectivity index (χ0v) is 19.5. The second kappa shape index (κ2) is 9.58. The van der Waals surface area contributed by atoms with Crippen LogP contribution in [0.15, 0.2) is 41.0 Å². The lowest BCUT2D eigenvalue weighted by Crippen LogP contribution is -2.39. The average Bonchev–Trinajstić information content (AvgIpc) is 3.40. The summed E-state index contributed by atoms with van der Waals surface area (Å²) in [4.78, 5) is 44.5. The number of Topliss-reactive ketones (excluding diaryl/α,β-unsaturated/α-hetero) is 1. The van der Waals surface area contributed by atoms with E-state index in [1.54, 1.807) is 24.9 Å². The van der Waals surface area contributed by atoms with Gasteiger partial charge in [-0.1, -0.05) is 29.0 Å². The van der Waals surface area contributed by atoms with Crippen molar-refractivity contribution in [3.05, 3.63) is 64.1 Å². The number of hydrogen-bond donors (Lipinski definition) is 1. The average molecular weight is 468 g/mol. The third kappa shape index (κ3) is 5.14. The molecule has 2 amide bonds. The molecule has 1 aliphatic carbocycles. The molecule has 4 rings (SSSR count). The first-order valence-corrected chi connectivity index (χ1v) is 11.5. The molecule has 3 aromatic rings. The van der Waals surface area contributed by atoms with Crippen molar-refractivity contribution < 1.29 is 23.5 Å². The van der Waals surface area contributed by atoms with Crippen LogP contribution in [0, 0.1) is 19.8 Å². The Bertz CT molecular complexity index is 1180. The van der Waals surface area contributed by atoms with Crippen molar-refractivity contribution in [3.8, 4) is 5.75 Å². The van der Waals surface area contributed by atoms with Gasteiger partial charge < -0.3 is 14.1 Å². The summed E-state index contributed by atoms with van der Waals surface area (Å²) in [6.45, 7) is 4.47. The number of benzene rings is 1. The lowest BCUT2D eigenvalue weighted by Gasteiger charge is -2.25. The Morgan fingerprint density at radius 1 is 1.21 bits per heavy atom. The molecule has 1 aliphatic rings. The highest BCUT2D eigenvalue weighted by Crippen LogP contribution is 2.33. The first kappa shape index (κ1) is 22.7. The molecule has 1 unspecified atom stereocenters. The van der Waals surface area contributed by atoms with Crippen LogP contribution in [0.3, 0.4) is 0 Å². The van der Waals surface area contributed by atoms with Gasteiger partial charge in [-0.25, -0.2) is 4.98 Å². The molecule has 0 saturated carbocycles. The van der Waals surface area contributed by atoms with E-state index in [0.717, 1.165) is 22.6 Å². The van der Waals surface area contributed by atoms with Crippen LogP contribution in [0.25, 0.3) is 0 Å². The fourth-order valence-corrected chi connectivity index (χ4v) is 4.64. The topological polar surface area (TPSA) is 102 Å². The number of hydrogen-bond acceptors (Lipinski definition) is 7. The number of ether oxygens (including phenoxy) is 1. The highest BCUT2D eigenvalue weighted by molar-refractivity contribution is 7.17. The van der Waals surface area contributed by atoms with Crippen molar-refractivity contribution >= 4 is 34.1 Å². The van der Waals surface area contributed by atoms with Crippen LogP contribution in [0.1, 0.15) is 43.5 Å². The molecule has 0 spiro atoms. The highest BCUT2D eigenvalue weighted by atomic mass is 32.1. The standard InChI is InChI=1S/C24H25N3O5S/c1-14-4-6-17(7-5-14)32-11-9-27(3)23(30)16-12-19-21(20(28)13-16)33-24(25-19)26-22(29)18-8-10-31-15(18)2/h4-8,10,16H,9,11-13H2,1-3H3,(H,25,26,29). The number of thiazole rings is 1. The van der Waals surface area contributed by atoms with Crippen molar-refractivity contribution in [1.82, 2.24) is 9.88 Å². The van der Waals surface area contributed by atoms with E-state index in [-0.39, 0.29) is 24.0 Å². The summed E-state index contributed by atoms with van der Waals surface area (Å²) >= 11 is 1.14. The Kier molecular flexibility index (Phi) is 6.60. The van der Waals surface area contributed by atoms with Crippen LogP contribution < -0.4 is 10.1 Å². The number of likely N-dealkylation sites (N-methyl/N-ethyl adjacent to an activating group) is 1. The molecule has 1 aromatic carbocycles. The predicted molar refractivity (Wildman–Crippen MR) is 124 cm³/mol. The Balaban J connectivity index is 1.35. The van der Waals surface area contributed by atoms with Crippen molar-refractivity contribution in [2.75, 3.05) is 25.5 Å². The molecule has 33 heavy (non-hydrogen) atoms. The van der Waals surface area contributed by atoms with Gasteiger partial charge >= 0.3 is 0 Å². The Morgan fingerprint density at radius 2 is 1.97 bits per heavy atom. The number of aryl methyl sites for hydroxylation is 2. The van der Waals surface area contributed by atoms with Gasteiger partial charge in [0.1, 0.15) is 18.1 Å². The summed E-state index contributed by atoms with van der Waals surface area (Å²) in [5.41, 5.74) is 2.12. The first-order chi connectivity index (χ1) is 15.8. The summed E-state index contributed by atoms with van der Waals surface area (Å²) in [5, 5.41) is 3.06. The summed E-state index contributed by atoms with van der Waals surface area (Å²) in [6, 6.07) is 9.30. The van der Waals surface area contributed by atoms with E-state index in [4.69, 9.17) is 9.15 Å². The van der Waals surface area contributed by atoms with E-state index >= 15 is 0 Å². The maximum atomic E-state index is 12.9. The predicted octanol–water partition coefficient (Wildman–Crippen LogP) is 3.89. The van der Waals surface area contributed by atoms with E-state index < -0.39 is 5.92 Å². The maximum Gasteiger partial charge on any atom is 0.260 e. The van der Waals surface area contributed by atoms with E-state index in [0.29, 0.717) is 46.6 Å². The number of carbonyl (C=O) groups is 3. The summed E-state index contributed by atoms with van der Waals surface area (Å²) in [7, 11) is 1.71. The number of aromatic nitrogens is 1. The fraction of sp³-hybridized carbons (Fsp3) is 0.333. The third-order valence-corrected chi connectivity index (χ3v) is 6.64. The van der Waals surface area contributed by atoms with Crippen molar-refractivity contribution in [3.63, 3.8) is 0 Å². The van der Waals surface area contributed by atoms with Gasteiger partial charge in [-0.15, -0.1) is 0 Å². The molecule has 8 nitrogen and oxygen atoms in total. The number of nitrogens with zero attached hydrogens (tertiary/aromatic N) is 2. The largest absolute Gasteiger partial charge is 0.492 e. The molecular formula is C24H25N3O5S. The van der Waals surface area contributed by atoms with Gasteiger partial charge in [-0.05, 0) is 32.0 Å². The third-order valence-electron chi connectivity index (χ3n) is 5.59. The number of fused-ring (bicyclic) bond motifs is 1. The number of carbonyl (C=O) groups excluding carboxylic acids is 3. The molecule has 9 heteroatoms. The van der Waals surface area contributed by atoms with Crippen molar-refractivity contribution in [2.24, 2.45) is 5.92 Å². The summed E-state index contributed by atoms with van der Waals surface area (Å²) in [6.07, 6.45) is 1.94. The van der Waals surface area contributed by atoms with Gasteiger partial charge in [0.15, 0.2) is 10.9 Å². The molecular weight excluding hydrogens is 442 g/mol. The monoisotopic (exact) mass is 467 g/mol. The van der Waals surface area contributed by atoms with Crippen LogP contribution >= 0.6 is 11.3 Å². The molecule has 2 aromatic heterocycles. The lowest BCUT2D eigenvalue weighted by molar-refractivity contribution is -0.134. The summed E-state index contributed by atoms with van der Waals surface area (Å²) in [5.74, 6) is 0.189.